The van der Waals surface area contributed by atoms with Gasteiger partial charge in [0.25, 0.3) is 0 Å². The van der Waals surface area contributed by atoms with Gasteiger partial charge in [0.05, 0.1) is 6.20 Å². The first-order valence-electron chi connectivity index (χ1n) is 5.40. The summed E-state index contributed by atoms with van der Waals surface area (Å²) in [5, 5.41) is 18.7. The Morgan fingerprint density at radius 2 is 2.24 bits per heavy atom. The summed E-state index contributed by atoms with van der Waals surface area (Å²) in [6.45, 7) is 3.64. The number of nitrogens with zero attached hydrogens (tertiary/aromatic N) is 3. The van der Waals surface area contributed by atoms with E-state index in [9.17, 15) is 9.59 Å². The Morgan fingerprint density at radius 1 is 1.53 bits per heavy atom. The van der Waals surface area contributed by atoms with E-state index in [1.807, 2.05) is 6.92 Å². The molecule has 1 amide bonds. The fourth-order valence-corrected chi connectivity index (χ4v) is 1.37. The van der Waals surface area contributed by atoms with Crippen LogP contribution in [-0.4, -0.2) is 38.0 Å². The molecule has 1 aromatic heterocycles. The highest BCUT2D eigenvalue weighted by atomic mass is 16.4. The zero-order chi connectivity index (χ0) is 12.8. The first-order valence-corrected chi connectivity index (χ1v) is 5.40. The highest BCUT2D eigenvalue weighted by Gasteiger charge is 2.25. The van der Waals surface area contributed by atoms with E-state index in [-0.39, 0.29) is 18.4 Å². The van der Waals surface area contributed by atoms with Crippen molar-refractivity contribution < 1.29 is 14.7 Å². The zero-order valence-corrected chi connectivity index (χ0v) is 9.83. The number of carboxylic acids is 1. The van der Waals surface area contributed by atoms with Crippen LogP contribution < -0.4 is 5.32 Å². The van der Waals surface area contributed by atoms with Crippen molar-refractivity contribution in [1.29, 1.82) is 0 Å². The second-order valence-electron chi connectivity index (χ2n) is 3.87. The highest BCUT2D eigenvalue weighted by molar-refractivity contribution is 5.83. The molecule has 1 rings (SSSR count). The van der Waals surface area contributed by atoms with Crippen molar-refractivity contribution in [3.63, 3.8) is 0 Å². The molecule has 0 spiro atoms. The van der Waals surface area contributed by atoms with Crippen LogP contribution in [0, 0.1) is 5.92 Å². The number of rotatable bonds is 6. The molecule has 7 nitrogen and oxygen atoms in total. The Hall–Kier alpha value is -1.92. The summed E-state index contributed by atoms with van der Waals surface area (Å²) >= 11 is 0. The van der Waals surface area contributed by atoms with Crippen LogP contribution in [0.3, 0.4) is 0 Å². The molecule has 0 bridgehead atoms. The van der Waals surface area contributed by atoms with E-state index >= 15 is 0 Å². The summed E-state index contributed by atoms with van der Waals surface area (Å²) in [7, 11) is 0. The van der Waals surface area contributed by atoms with Gasteiger partial charge in [0.1, 0.15) is 12.6 Å². The molecule has 0 unspecified atom stereocenters. The number of aliphatic carboxylic acids is 1. The maximum absolute atomic E-state index is 11.6. The largest absolute Gasteiger partial charge is 0.480 e. The molecule has 1 aromatic rings. The molecule has 17 heavy (non-hydrogen) atoms. The minimum Gasteiger partial charge on any atom is -0.480 e. The molecule has 1 heterocycles. The number of carbonyl (C=O) groups is 2. The summed E-state index contributed by atoms with van der Waals surface area (Å²) in [6, 6.07) is -0.865. The van der Waals surface area contributed by atoms with Gasteiger partial charge in [-0.15, -0.1) is 5.10 Å². The van der Waals surface area contributed by atoms with Crippen LogP contribution in [0.1, 0.15) is 20.3 Å². The number of nitrogens with one attached hydrogen (secondary N) is 1. The van der Waals surface area contributed by atoms with Crippen molar-refractivity contribution >= 4 is 11.9 Å². The lowest BCUT2D eigenvalue weighted by Gasteiger charge is -2.19. The summed E-state index contributed by atoms with van der Waals surface area (Å²) in [4.78, 5) is 22.6. The first-order chi connectivity index (χ1) is 8.04. The number of aromatic nitrogens is 3. The van der Waals surface area contributed by atoms with Crippen LogP contribution in [0.15, 0.2) is 12.4 Å². The van der Waals surface area contributed by atoms with Crippen molar-refractivity contribution in [3.05, 3.63) is 12.4 Å². The average molecular weight is 240 g/mol. The van der Waals surface area contributed by atoms with Crippen LogP contribution >= 0.6 is 0 Å². The van der Waals surface area contributed by atoms with Gasteiger partial charge >= 0.3 is 5.97 Å². The van der Waals surface area contributed by atoms with Gasteiger partial charge in [0.15, 0.2) is 0 Å². The van der Waals surface area contributed by atoms with E-state index in [1.54, 1.807) is 13.1 Å². The molecule has 0 saturated heterocycles. The Labute approximate surface area is 98.8 Å². The van der Waals surface area contributed by atoms with Crippen molar-refractivity contribution in [2.75, 3.05) is 0 Å². The Balaban J connectivity index is 2.55. The van der Waals surface area contributed by atoms with Crippen LogP contribution in [0.2, 0.25) is 0 Å². The van der Waals surface area contributed by atoms with E-state index in [2.05, 4.69) is 15.6 Å². The molecule has 0 aromatic carbocycles. The minimum absolute atomic E-state index is 0.0276. The number of hydrogen-bond donors (Lipinski definition) is 2. The normalized spacial score (nSPS) is 14.0. The molecule has 0 aliphatic carbocycles. The third kappa shape index (κ3) is 3.86. The van der Waals surface area contributed by atoms with E-state index < -0.39 is 12.0 Å². The smallest absolute Gasteiger partial charge is 0.326 e. The second kappa shape index (κ2) is 5.97. The summed E-state index contributed by atoms with van der Waals surface area (Å²) in [6.07, 6.45) is 3.68. The van der Waals surface area contributed by atoms with Gasteiger partial charge in [0.2, 0.25) is 5.91 Å². The van der Waals surface area contributed by atoms with Crippen LogP contribution in [0.25, 0.3) is 0 Å². The van der Waals surface area contributed by atoms with Crippen molar-refractivity contribution in [3.8, 4) is 0 Å². The fraction of sp³-hybridized carbons (Fsp3) is 0.600. The van der Waals surface area contributed by atoms with Gasteiger partial charge in [-0.3, -0.25) is 4.79 Å². The van der Waals surface area contributed by atoms with Crippen LogP contribution in [-0.2, 0) is 16.1 Å². The van der Waals surface area contributed by atoms with Gasteiger partial charge in [-0.25, -0.2) is 9.48 Å². The lowest BCUT2D eigenvalue weighted by atomic mass is 9.99. The minimum atomic E-state index is -1.02. The Morgan fingerprint density at radius 3 is 2.71 bits per heavy atom. The molecule has 94 valence electrons. The van der Waals surface area contributed by atoms with E-state index in [4.69, 9.17) is 5.11 Å². The number of carbonyl (C=O) groups excluding carboxylic acids is 1. The van der Waals surface area contributed by atoms with Crippen LogP contribution in [0.4, 0.5) is 0 Å². The third-order valence-corrected chi connectivity index (χ3v) is 2.57. The Bertz CT molecular complexity index is 377. The molecule has 0 aliphatic heterocycles. The maximum atomic E-state index is 11.6. The second-order valence-corrected chi connectivity index (χ2v) is 3.87. The first kappa shape index (κ1) is 13.1. The lowest BCUT2D eigenvalue weighted by molar-refractivity contribution is -0.143. The van der Waals surface area contributed by atoms with E-state index in [0.717, 1.165) is 0 Å². The summed E-state index contributed by atoms with van der Waals surface area (Å²) in [5.41, 5.74) is 0. The third-order valence-electron chi connectivity index (χ3n) is 2.57. The fourth-order valence-electron chi connectivity index (χ4n) is 1.37. The van der Waals surface area contributed by atoms with E-state index in [0.29, 0.717) is 6.42 Å². The van der Waals surface area contributed by atoms with E-state index in [1.165, 1.54) is 10.9 Å². The highest BCUT2D eigenvalue weighted by Crippen LogP contribution is 2.07. The molecular weight excluding hydrogens is 224 g/mol. The summed E-state index contributed by atoms with van der Waals surface area (Å²) in [5.74, 6) is -1.53. The van der Waals surface area contributed by atoms with Gasteiger partial charge in [-0.1, -0.05) is 25.5 Å². The van der Waals surface area contributed by atoms with Crippen molar-refractivity contribution in [1.82, 2.24) is 20.3 Å². The topological polar surface area (TPSA) is 97.1 Å². The predicted molar refractivity (Wildman–Crippen MR) is 59.0 cm³/mol. The van der Waals surface area contributed by atoms with Gasteiger partial charge < -0.3 is 10.4 Å². The van der Waals surface area contributed by atoms with Crippen molar-refractivity contribution in [2.45, 2.75) is 32.9 Å². The molecule has 7 heteroatoms. The van der Waals surface area contributed by atoms with Crippen LogP contribution in [0.5, 0.6) is 0 Å². The zero-order valence-electron chi connectivity index (χ0n) is 9.83. The molecule has 0 saturated carbocycles. The standard InChI is InChI=1S/C10H16N4O3/c1-3-7(2)9(10(16)17)12-8(15)6-14-5-4-11-13-14/h4-5,7,9H,3,6H2,1-2H3,(H,12,15)(H,16,17)/t7-,9-/m0/s1. The predicted octanol–water partition coefficient (Wildman–Crippen LogP) is -0.106. The molecule has 2 N–H and O–H groups in total. The molecule has 2 atom stereocenters. The van der Waals surface area contributed by atoms with Crippen molar-refractivity contribution in [2.24, 2.45) is 5.92 Å². The molecule has 0 aliphatic rings. The molecular formula is C10H16N4O3. The molecule has 0 fully saturated rings. The SMILES string of the molecule is CC[C@H](C)[C@H](NC(=O)Cn1ccnn1)C(=O)O. The monoisotopic (exact) mass is 240 g/mol. The van der Waals surface area contributed by atoms with Gasteiger partial charge in [-0.2, -0.15) is 0 Å². The quantitative estimate of drug-likeness (QED) is 0.723. The Kier molecular flexibility index (Phi) is 4.62. The molecule has 0 radical (unpaired) electrons. The summed E-state index contributed by atoms with van der Waals surface area (Å²) < 4.78 is 1.34. The maximum Gasteiger partial charge on any atom is 0.326 e. The lowest BCUT2D eigenvalue weighted by Crippen LogP contribution is -2.46. The number of hydrogen-bond acceptors (Lipinski definition) is 4. The average Bonchev–Trinajstić information content (AvgIpc) is 2.77. The van der Waals surface area contributed by atoms with Gasteiger partial charge in [0, 0.05) is 6.20 Å². The number of amides is 1. The van der Waals surface area contributed by atoms with Gasteiger partial charge in [-0.05, 0) is 5.92 Å². The number of carboxylic acid groups (broad SMARTS) is 1.